The Morgan fingerprint density at radius 1 is 0.917 bits per heavy atom. The zero-order valence-electron chi connectivity index (χ0n) is 14.7. The molecule has 0 unspecified atom stereocenters. The lowest BCUT2D eigenvalue weighted by Gasteiger charge is -2.52. The van der Waals surface area contributed by atoms with Gasteiger partial charge in [-0.2, -0.15) is 4.91 Å². The first-order valence-electron chi connectivity index (χ1n) is 8.88. The molecule has 2 heterocycles. The molecule has 0 aromatic heterocycles. The smallest absolute Gasteiger partial charge is 0.168 e. The number of rotatable bonds is 4. The Kier molecular flexibility index (Phi) is 5.01. The predicted octanol–water partition coefficient (Wildman–Crippen LogP) is 2.21. The SMILES string of the molecule is CCC1(CO)COC2(CCC3(CC2)OCC(C)(CN=O)CO3)OC1. The van der Waals surface area contributed by atoms with Crippen molar-refractivity contribution in [2.24, 2.45) is 16.0 Å². The molecule has 2 saturated heterocycles. The van der Waals surface area contributed by atoms with Crippen molar-refractivity contribution in [2.45, 2.75) is 57.5 Å². The Hall–Kier alpha value is -0.600. The van der Waals surface area contributed by atoms with Gasteiger partial charge >= 0.3 is 0 Å². The van der Waals surface area contributed by atoms with Crippen molar-refractivity contribution < 1.29 is 24.1 Å². The van der Waals surface area contributed by atoms with Crippen LogP contribution in [0.1, 0.15) is 46.0 Å². The first-order chi connectivity index (χ1) is 11.4. The fourth-order valence-corrected chi connectivity index (χ4v) is 3.59. The van der Waals surface area contributed by atoms with Crippen molar-refractivity contribution in [3.05, 3.63) is 4.91 Å². The molecule has 24 heavy (non-hydrogen) atoms. The average molecular weight is 343 g/mol. The molecule has 3 aliphatic rings. The number of aliphatic hydroxyl groups is 1. The highest BCUT2D eigenvalue weighted by molar-refractivity contribution is 4.93. The Bertz CT molecular complexity index is 434. The van der Waals surface area contributed by atoms with Gasteiger partial charge in [-0.1, -0.05) is 19.0 Å². The second-order valence-corrected chi connectivity index (χ2v) is 8.09. The monoisotopic (exact) mass is 343 g/mol. The number of nitrogens with zero attached hydrogens (tertiary/aromatic N) is 1. The molecule has 0 atom stereocenters. The minimum atomic E-state index is -0.587. The molecule has 1 N–H and O–H groups in total. The molecule has 0 aromatic carbocycles. The molecule has 7 heteroatoms. The Balaban J connectivity index is 1.54. The highest BCUT2D eigenvalue weighted by Gasteiger charge is 2.52. The molecule has 1 aliphatic carbocycles. The van der Waals surface area contributed by atoms with Crippen molar-refractivity contribution >= 4 is 0 Å². The van der Waals surface area contributed by atoms with Gasteiger partial charge in [0.15, 0.2) is 11.6 Å². The van der Waals surface area contributed by atoms with E-state index in [0.29, 0.717) is 52.1 Å². The lowest BCUT2D eigenvalue weighted by molar-refractivity contribution is -0.367. The maximum Gasteiger partial charge on any atom is 0.168 e. The van der Waals surface area contributed by atoms with Crippen LogP contribution >= 0.6 is 0 Å². The van der Waals surface area contributed by atoms with Gasteiger partial charge in [-0.15, -0.1) is 0 Å². The maximum atomic E-state index is 10.5. The summed E-state index contributed by atoms with van der Waals surface area (Å²) in [6.07, 6.45) is 3.66. The van der Waals surface area contributed by atoms with E-state index in [1.54, 1.807) is 0 Å². The average Bonchev–Trinajstić information content (AvgIpc) is 2.62. The van der Waals surface area contributed by atoms with Crippen LogP contribution in [0.15, 0.2) is 5.18 Å². The molecule has 0 bridgehead atoms. The van der Waals surface area contributed by atoms with Gasteiger partial charge in [-0.05, 0) is 6.42 Å². The van der Waals surface area contributed by atoms with Crippen LogP contribution in [0.2, 0.25) is 0 Å². The first kappa shape index (κ1) is 18.2. The summed E-state index contributed by atoms with van der Waals surface area (Å²) in [4.78, 5) is 10.5. The van der Waals surface area contributed by atoms with Gasteiger partial charge in [0.05, 0.1) is 39.6 Å². The van der Waals surface area contributed by atoms with Crippen molar-refractivity contribution in [2.75, 3.05) is 39.6 Å². The topological polar surface area (TPSA) is 86.6 Å². The van der Waals surface area contributed by atoms with Gasteiger partial charge in [-0.25, -0.2) is 0 Å². The van der Waals surface area contributed by atoms with E-state index in [4.69, 9.17) is 18.9 Å². The van der Waals surface area contributed by atoms with Gasteiger partial charge in [0.25, 0.3) is 0 Å². The van der Waals surface area contributed by atoms with Gasteiger partial charge in [0.2, 0.25) is 0 Å². The van der Waals surface area contributed by atoms with Gasteiger partial charge in [0.1, 0.15) is 0 Å². The third-order valence-corrected chi connectivity index (χ3v) is 5.96. The summed E-state index contributed by atoms with van der Waals surface area (Å²) < 4.78 is 24.2. The number of hydrogen-bond donors (Lipinski definition) is 1. The van der Waals surface area contributed by atoms with Gasteiger partial charge < -0.3 is 24.1 Å². The van der Waals surface area contributed by atoms with E-state index in [9.17, 15) is 10.0 Å². The standard InChI is InChI=1S/C17H29NO6/c1-3-15(9-19)12-23-17(24-13-15)6-4-16(5-7-17)21-10-14(2,8-18-20)11-22-16/h19H,3-13H2,1-2H3. The third-order valence-electron chi connectivity index (χ3n) is 5.96. The van der Waals surface area contributed by atoms with Crippen LogP contribution in [-0.2, 0) is 18.9 Å². The molecule has 7 nitrogen and oxygen atoms in total. The minimum Gasteiger partial charge on any atom is -0.396 e. The molecule has 2 aliphatic heterocycles. The zero-order valence-corrected chi connectivity index (χ0v) is 14.7. The molecule has 0 amide bonds. The zero-order chi connectivity index (χ0) is 17.3. The largest absolute Gasteiger partial charge is 0.396 e. The van der Waals surface area contributed by atoms with Crippen LogP contribution in [0.4, 0.5) is 0 Å². The van der Waals surface area contributed by atoms with E-state index in [0.717, 1.165) is 6.42 Å². The number of nitroso groups, excluding NO2 is 1. The lowest BCUT2D eigenvalue weighted by atomic mass is 9.82. The summed E-state index contributed by atoms with van der Waals surface area (Å²) >= 11 is 0. The molecule has 3 fully saturated rings. The van der Waals surface area contributed by atoms with Crippen LogP contribution in [0.3, 0.4) is 0 Å². The molecular formula is C17H29NO6. The summed E-state index contributed by atoms with van der Waals surface area (Å²) in [7, 11) is 0. The summed E-state index contributed by atoms with van der Waals surface area (Å²) in [5, 5.41) is 12.6. The maximum absolute atomic E-state index is 10.5. The quantitative estimate of drug-likeness (QED) is 0.788. The van der Waals surface area contributed by atoms with Crippen LogP contribution in [0, 0.1) is 15.7 Å². The van der Waals surface area contributed by atoms with Crippen molar-refractivity contribution in [3.63, 3.8) is 0 Å². The molecule has 1 saturated carbocycles. The highest BCUT2D eigenvalue weighted by Crippen LogP contribution is 2.47. The third kappa shape index (κ3) is 3.37. The Morgan fingerprint density at radius 3 is 1.75 bits per heavy atom. The second-order valence-electron chi connectivity index (χ2n) is 8.09. The van der Waals surface area contributed by atoms with E-state index in [1.165, 1.54) is 0 Å². The van der Waals surface area contributed by atoms with Crippen LogP contribution in [-0.4, -0.2) is 56.3 Å². The number of hydrogen-bond acceptors (Lipinski definition) is 7. The van der Waals surface area contributed by atoms with Gasteiger partial charge in [-0.3, -0.25) is 0 Å². The van der Waals surface area contributed by atoms with E-state index < -0.39 is 11.6 Å². The lowest BCUT2D eigenvalue weighted by Crippen LogP contribution is -2.57. The van der Waals surface area contributed by atoms with Crippen LogP contribution in [0.5, 0.6) is 0 Å². The van der Waals surface area contributed by atoms with E-state index in [-0.39, 0.29) is 24.0 Å². The molecule has 138 valence electrons. The summed E-state index contributed by atoms with van der Waals surface area (Å²) in [5.74, 6) is -1.16. The molecule has 3 rings (SSSR count). The molecule has 2 spiro atoms. The fraction of sp³-hybridized carbons (Fsp3) is 1.00. The first-order valence-corrected chi connectivity index (χ1v) is 8.88. The normalized spacial score (nSPS) is 46.3. The molecular weight excluding hydrogens is 314 g/mol. The van der Waals surface area contributed by atoms with Crippen LogP contribution < -0.4 is 0 Å². The predicted molar refractivity (Wildman–Crippen MR) is 86.3 cm³/mol. The minimum absolute atomic E-state index is 0.0824. The molecule has 0 aromatic rings. The van der Waals surface area contributed by atoms with Crippen LogP contribution in [0.25, 0.3) is 0 Å². The Labute approximate surface area is 143 Å². The highest BCUT2D eigenvalue weighted by atomic mass is 16.7. The van der Waals surface area contributed by atoms with Crippen molar-refractivity contribution in [3.8, 4) is 0 Å². The van der Waals surface area contributed by atoms with Gasteiger partial charge in [0, 0.05) is 36.5 Å². The van der Waals surface area contributed by atoms with Crippen molar-refractivity contribution in [1.29, 1.82) is 0 Å². The fourth-order valence-electron chi connectivity index (χ4n) is 3.59. The summed E-state index contributed by atoms with van der Waals surface area (Å²) in [5.41, 5.74) is -0.607. The molecule has 0 radical (unpaired) electrons. The Morgan fingerprint density at radius 2 is 1.38 bits per heavy atom. The summed E-state index contributed by atoms with van der Waals surface area (Å²) in [6.45, 7) is 6.31. The van der Waals surface area contributed by atoms with E-state index >= 15 is 0 Å². The van der Waals surface area contributed by atoms with Crippen molar-refractivity contribution in [1.82, 2.24) is 0 Å². The second kappa shape index (κ2) is 6.61. The number of ether oxygens (including phenoxy) is 4. The number of aliphatic hydroxyl groups excluding tert-OH is 1. The summed E-state index contributed by atoms with van der Waals surface area (Å²) in [6, 6.07) is 0. The van der Waals surface area contributed by atoms with E-state index in [2.05, 4.69) is 5.18 Å². The van der Waals surface area contributed by atoms with E-state index in [1.807, 2.05) is 13.8 Å².